The van der Waals surface area contributed by atoms with Gasteiger partial charge in [-0.15, -0.1) is 11.3 Å². The number of hydrogen-bond acceptors (Lipinski definition) is 2. The van der Waals surface area contributed by atoms with Crippen molar-refractivity contribution >= 4 is 59.3 Å². The lowest BCUT2D eigenvalue weighted by Gasteiger charge is -2.26. The molecule has 2 heteroatoms. The van der Waals surface area contributed by atoms with Crippen molar-refractivity contribution in [3.8, 4) is 44.5 Å². The summed E-state index contributed by atoms with van der Waals surface area (Å²) in [5, 5.41) is 5.07. The lowest BCUT2D eigenvalue weighted by Crippen LogP contribution is -2.10. The predicted octanol–water partition coefficient (Wildman–Crippen LogP) is 15.3. The first kappa shape index (κ1) is 32.0. The van der Waals surface area contributed by atoms with Crippen LogP contribution in [0.3, 0.4) is 0 Å². The Hall–Kier alpha value is -6.74. The summed E-state index contributed by atoms with van der Waals surface area (Å²) in [4.78, 5) is 2.41. The zero-order valence-corrected chi connectivity index (χ0v) is 30.4. The van der Waals surface area contributed by atoms with Gasteiger partial charge in [0.1, 0.15) is 0 Å². The van der Waals surface area contributed by atoms with E-state index in [9.17, 15) is 0 Å². The van der Waals surface area contributed by atoms with Gasteiger partial charge in [0.25, 0.3) is 0 Å². The number of nitrogens with zero attached hydrogens (tertiary/aromatic N) is 1. The van der Waals surface area contributed by atoms with Gasteiger partial charge in [0.2, 0.25) is 0 Å². The van der Waals surface area contributed by atoms with Crippen LogP contribution in [0, 0.1) is 0 Å². The summed E-state index contributed by atoms with van der Waals surface area (Å²) < 4.78 is 2.59. The summed E-state index contributed by atoms with van der Waals surface area (Å²) in [5.41, 5.74) is 13.2. The van der Waals surface area contributed by atoms with Gasteiger partial charge < -0.3 is 4.90 Å². The molecule has 0 fully saturated rings. The molecule has 0 N–H and O–H groups in total. The third kappa shape index (κ3) is 5.74. The van der Waals surface area contributed by atoms with Crippen LogP contribution in [0.15, 0.2) is 212 Å². The zero-order chi connectivity index (χ0) is 35.8. The monoisotopic (exact) mass is 705 g/mol. The van der Waals surface area contributed by atoms with Crippen LogP contribution in [0.25, 0.3) is 75.5 Å². The maximum absolute atomic E-state index is 2.41. The topological polar surface area (TPSA) is 3.24 Å². The Kier molecular flexibility index (Phi) is 8.09. The molecule has 0 amide bonds. The first-order valence-electron chi connectivity index (χ1n) is 18.4. The highest BCUT2D eigenvalue weighted by molar-refractivity contribution is 7.26. The molecule has 0 bridgehead atoms. The molecule has 0 atom stereocenters. The third-order valence-electron chi connectivity index (χ3n) is 10.5. The van der Waals surface area contributed by atoms with Gasteiger partial charge in [0.05, 0.1) is 10.4 Å². The molecule has 0 aliphatic carbocycles. The minimum atomic E-state index is 1.12. The largest absolute Gasteiger partial charge is 0.309 e. The fourth-order valence-corrected chi connectivity index (χ4v) is 9.05. The second-order valence-electron chi connectivity index (χ2n) is 13.7. The molecular formula is C52H35NS. The molecule has 0 saturated carbocycles. The van der Waals surface area contributed by atoms with Crippen LogP contribution in [0.5, 0.6) is 0 Å². The lowest BCUT2D eigenvalue weighted by molar-refractivity contribution is 1.30. The smallest absolute Gasteiger partial charge is 0.0640 e. The molecule has 254 valence electrons. The van der Waals surface area contributed by atoms with Gasteiger partial charge in [0.15, 0.2) is 0 Å². The highest BCUT2D eigenvalue weighted by atomic mass is 32.1. The highest BCUT2D eigenvalue weighted by Gasteiger charge is 2.19. The normalized spacial score (nSPS) is 11.3. The molecule has 0 aliphatic rings. The first-order chi connectivity index (χ1) is 26.8. The van der Waals surface area contributed by atoms with Crippen molar-refractivity contribution in [2.45, 2.75) is 0 Å². The summed E-state index contributed by atoms with van der Waals surface area (Å²) in [5.74, 6) is 0. The van der Waals surface area contributed by atoms with Crippen molar-refractivity contribution < 1.29 is 0 Å². The molecule has 1 heterocycles. The Morgan fingerprint density at radius 1 is 0.315 bits per heavy atom. The molecule has 10 aromatic rings. The molecule has 10 rings (SSSR count). The van der Waals surface area contributed by atoms with Crippen LogP contribution in [0.4, 0.5) is 17.1 Å². The number of fused-ring (bicyclic) bond motifs is 4. The van der Waals surface area contributed by atoms with Gasteiger partial charge in [-0.2, -0.15) is 0 Å². The number of benzene rings is 9. The van der Waals surface area contributed by atoms with E-state index in [1.54, 1.807) is 0 Å². The third-order valence-corrected chi connectivity index (χ3v) is 11.7. The van der Waals surface area contributed by atoms with Crippen LogP contribution in [-0.4, -0.2) is 0 Å². The Balaban J connectivity index is 1.07. The Morgan fingerprint density at radius 2 is 0.852 bits per heavy atom. The summed E-state index contributed by atoms with van der Waals surface area (Å²) in [6.07, 6.45) is 0. The molecular weight excluding hydrogens is 671 g/mol. The molecule has 0 saturated heterocycles. The molecule has 54 heavy (non-hydrogen) atoms. The van der Waals surface area contributed by atoms with Gasteiger partial charge in [-0.3, -0.25) is 0 Å². The molecule has 0 unspecified atom stereocenters. The molecule has 0 aliphatic heterocycles. The maximum Gasteiger partial charge on any atom is 0.0640 e. The highest BCUT2D eigenvalue weighted by Crippen LogP contribution is 2.45. The number of anilines is 3. The second kappa shape index (κ2) is 13.7. The molecule has 0 spiro atoms. The van der Waals surface area contributed by atoms with Crippen molar-refractivity contribution in [2.75, 3.05) is 4.90 Å². The number of thiophene rings is 1. The summed E-state index contributed by atoms with van der Waals surface area (Å²) in [6, 6.07) is 77.0. The Labute approximate surface area is 319 Å². The van der Waals surface area contributed by atoms with Crippen molar-refractivity contribution in [2.24, 2.45) is 0 Å². The van der Waals surface area contributed by atoms with Crippen molar-refractivity contribution in [3.05, 3.63) is 212 Å². The predicted molar refractivity (Wildman–Crippen MR) is 233 cm³/mol. The van der Waals surface area contributed by atoms with E-state index in [0.29, 0.717) is 0 Å². The van der Waals surface area contributed by atoms with Gasteiger partial charge in [-0.25, -0.2) is 0 Å². The van der Waals surface area contributed by atoms with Crippen LogP contribution < -0.4 is 4.90 Å². The fourth-order valence-electron chi connectivity index (χ4n) is 7.85. The number of rotatable bonds is 7. The average Bonchev–Trinajstić information content (AvgIpc) is 3.64. The van der Waals surface area contributed by atoms with E-state index < -0.39 is 0 Å². The summed E-state index contributed by atoms with van der Waals surface area (Å²) in [6.45, 7) is 0. The van der Waals surface area contributed by atoms with E-state index in [1.165, 1.54) is 81.1 Å². The minimum absolute atomic E-state index is 1.12. The second-order valence-corrected chi connectivity index (χ2v) is 14.8. The maximum atomic E-state index is 2.41. The minimum Gasteiger partial charge on any atom is -0.309 e. The lowest BCUT2D eigenvalue weighted by atomic mass is 9.90. The van der Waals surface area contributed by atoms with Crippen LogP contribution in [-0.2, 0) is 0 Å². The van der Waals surface area contributed by atoms with Crippen molar-refractivity contribution in [1.29, 1.82) is 0 Å². The Morgan fingerprint density at radius 3 is 1.59 bits per heavy atom. The van der Waals surface area contributed by atoms with Crippen LogP contribution in [0.1, 0.15) is 0 Å². The quantitative estimate of drug-likeness (QED) is 0.160. The molecule has 0 radical (unpaired) electrons. The summed E-state index contributed by atoms with van der Waals surface area (Å²) >= 11 is 1.86. The molecule has 1 aromatic heterocycles. The van der Waals surface area contributed by atoms with Gasteiger partial charge in [-0.05, 0) is 97.7 Å². The van der Waals surface area contributed by atoms with Crippen LogP contribution in [0.2, 0.25) is 0 Å². The van der Waals surface area contributed by atoms with E-state index >= 15 is 0 Å². The van der Waals surface area contributed by atoms with E-state index in [4.69, 9.17) is 0 Å². The van der Waals surface area contributed by atoms with Gasteiger partial charge in [0, 0.05) is 26.8 Å². The first-order valence-corrected chi connectivity index (χ1v) is 19.2. The number of hydrogen-bond donors (Lipinski definition) is 0. The van der Waals surface area contributed by atoms with E-state index in [-0.39, 0.29) is 0 Å². The van der Waals surface area contributed by atoms with Crippen molar-refractivity contribution in [3.63, 3.8) is 0 Å². The molecule has 9 aromatic carbocycles. The van der Waals surface area contributed by atoms with E-state index in [0.717, 1.165) is 11.4 Å². The van der Waals surface area contributed by atoms with E-state index in [1.807, 2.05) is 11.3 Å². The van der Waals surface area contributed by atoms with Gasteiger partial charge in [-0.1, -0.05) is 170 Å². The molecule has 1 nitrogen and oxygen atoms in total. The SMILES string of the molecule is c1ccc(-c2ccc(N(c3ccc(-c4ccc5cccc(-c6ccccc6-c6ccccc6)c5c4)cc3)c3cccc4c3sc3ccccc34)cc2)cc1. The Bertz CT molecular complexity index is 2910. The fraction of sp³-hybridized carbons (Fsp3) is 0. The van der Waals surface area contributed by atoms with Gasteiger partial charge >= 0.3 is 0 Å². The van der Waals surface area contributed by atoms with Crippen molar-refractivity contribution in [1.82, 2.24) is 0 Å². The van der Waals surface area contributed by atoms with E-state index in [2.05, 4.69) is 217 Å². The van der Waals surface area contributed by atoms with Crippen LogP contribution >= 0.6 is 11.3 Å². The standard InChI is InChI=1S/C52H35NS/c1-3-13-36(14-4-1)37-27-31-42(32-28-37)53(50-23-12-22-48-47-20-9-10-24-51(47)54-52(48)50)43-33-29-38(30-34-43)41-26-25-40-17-11-21-46(49(40)35-41)45-19-8-7-18-44(45)39-15-5-2-6-16-39/h1-35H. The zero-order valence-electron chi connectivity index (χ0n) is 29.6. The average molecular weight is 706 g/mol. The summed E-state index contributed by atoms with van der Waals surface area (Å²) in [7, 11) is 0.